The number of primary amides is 1. The highest BCUT2D eigenvalue weighted by molar-refractivity contribution is 8.00. The number of carbonyl (C=O) groups is 1. The molecule has 1 aliphatic heterocycles. The maximum absolute atomic E-state index is 11.0. The Morgan fingerprint density at radius 3 is 2.86 bits per heavy atom. The Kier molecular flexibility index (Phi) is 4.26. The summed E-state index contributed by atoms with van der Waals surface area (Å²) in [7, 11) is 0. The number of carbonyl (C=O) groups excluding carboxylic acids is 1. The van der Waals surface area contributed by atoms with Gasteiger partial charge in [0, 0.05) is 11.3 Å². The van der Waals surface area contributed by atoms with Gasteiger partial charge in [0.25, 0.3) is 0 Å². The lowest BCUT2D eigenvalue weighted by molar-refractivity contribution is -0.120. The topological polar surface area (TPSA) is 55.1 Å². The number of rotatable bonds is 5. The van der Waals surface area contributed by atoms with E-state index in [4.69, 9.17) is 5.73 Å². The van der Waals surface area contributed by atoms with Crippen molar-refractivity contribution in [3.05, 3.63) is 0 Å². The number of amides is 1. The van der Waals surface area contributed by atoms with E-state index in [1.54, 1.807) is 0 Å². The molecule has 0 aromatic carbocycles. The van der Waals surface area contributed by atoms with E-state index in [9.17, 15) is 4.79 Å². The van der Waals surface area contributed by atoms with Gasteiger partial charge in [0.15, 0.2) is 0 Å². The van der Waals surface area contributed by atoms with Gasteiger partial charge >= 0.3 is 0 Å². The van der Waals surface area contributed by atoms with Crippen molar-refractivity contribution in [2.45, 2.75) is 43.9 Å². The molecule has 0 aliphatic carbocycles. The fourth-order valence-corrected chi connectivity index (χ4v) is 3.02. The molecule has 2 atom stereocenters. The van der Waals surface area contributed by atoms with Crippen molar-refractivity contribution in [2.24, 2.45) is 5.73 Å². The van der Waals surface area contributed by atoms with Crippen molar-refractivity contribution in [2.75, 3.05) is 12.3 Å². The van der Waals surface area contributed by atoms with Crippen LogP contribution in [0.5, 0.6) is 0 Å². The van der Waals surface area contributed by atoms with Gasteiger partial charge in [-0.2, -0.15) is 11.8 Å². The summed E-state index contributed by atoms with van der Waals surface area (Å²) in [5, 5.41) is 3.26. The molecule has 0 aromatic heterocycles. The Bertz CT molecular complexity index is 202. The maximum Gasteiger partial charge on any atom is 0.234 e. The Morgan fingerprint density at radius 1 is 1.71 bits per heavy atom. The van der Waals surface area contributed by atoms with Crippen LogP contribution < -0.4 is 11.1 Å². The predicted octanol–water partition coefficient (Wildman–Crippen LogP) is 1.13. The van der Waals surface area contributed by atoms with Crippen molar-refractivity contribution < 1.29 is 4.79 Å². The van der Waals surface area contributed by atoms with E-state index in [1.807, 2.05) is 18.7 Å². The molecule has 3 N–H and O–H groups in total. The van der Waals surface area contributed by atoms with Crippen molar-refractivity contribution >= 4 is 17.7 Å². The van der Waals surface area contributed by atoms with Crippen molar-refractivity contribution in [1.29, 1.82) is 0 Å². The number of nitrogens with one attached hydrogen (secondary N) is 1. The summed E-state index contributed by atoms with van der Waals surface area (Å²) in [5.74, 6) is 1.00. The van der Waals surface area contributed by atoms with E-state index in [2.05, 4.69) is 12.2 Å². The number of nitrogens with two attached hydrogens (primary N) is 1. The summed E-state index contributed by atoms with van der Waals surface area (Å²) in [6.45, 7) is 5.12. The van der Waals surface area contributed by atoms with Crippen molar-refractivity contribution in [1.82, 2.24) is 5.32 Å². The quantitative estimate of drug-likeness (QED) is 0.724. The fraction of sp³-hybridized carbons (Fsp3) is 0.900. The third-order valence-corrected chi connectivity index (χ3v) is 4.31. The molecule has 1 amide bonds. The number of hydrogen-bond donors (Lipinski definition) is 2. The minimum Gasteiger partial charge on any atom is -0.368 e. The largest absolute Gasteiger partial charge is 0.368 e. The molecule has 0 saturated carbocycles. The van der Waals surface area contributed by atoms with Crippen LogP contribution in [0.2, 0.25) is 0 Å². The van der Waals surface area contributed by atoms with E-state index in [1.165, 1.54) is 18.6 Å². The molecule has 0 bridgehead atoms. The molecule has 1 aliphatic rings. The minimum atomic E-state index is -0.237. The van der Waals surface area contributed by atoms with Crippen LogP contribution >= 0.6 is 11.8 Å². The summed E-state index contributed by atoms with van der Waals surface area (Å²) in [6.07, 6.45) is 3.30. The Morgan fingerprint density at radius 2 is 2.43 bits per heavy atom. The maximum atomic E-state index is 11.0. The van der Waals surface area contributed by atoms with Crippen LogP contribution in [0.1, 0.15) is 33.1 Å². The van der Waals surface area contributed by atoms with Gasteiger partial charge in [-0.15, -0.1) is 0 Å². The van der Waals surface area contributed by atoms with Crippen molar-refractivity contribution in [3.63, 3.8) is 0 Å². The molecule has 3 nitrogen and oxygen atoms in total. The number of thioether (sulfide) groups is 1. The van der Waals surface area contributed by atoms with Gasteiger partial charge in [0.2, 0.25) is 5.91 Å². The van der Waals surface area contributed by atoms with Crippen LogP contribution in [-0.2, 0) is 4.79 Å². The monoisotopic (exact) mass is 216 g/mol. The molecule has 2 unspecified atom stereocenters. The highest BCUT2D eigenvalue weighted by atomic mass is 32.2. The summed E-state index contributed by atoms with van der Waals surface area (Å²) >= 11 is 1.99. The first-order valence-corrected chi connectivity index (χ1v) is 6.22. The average molecular weight is 216 g/mol. The lowest BCUT2D eigenvalue weighted by Gasteiger charge is -2.25. The summed E-state index contributed by atoms with van der Waals surface area (Å²) in [5.41, 5.74) is 5.27. The SMILES string of the molecule is CCC(NCC1(C)CCCS1)C(N)=O. The third-order valence-electron chi connectivity index (χ3n) is 2.77. The molecule has 1 fully saturated rings. The van der Waals surface area contributed by atoms with Crippen LogP contribution in [0.25, 0.3) is 0 Å². The van der Waals surface area contributed by atoms with E-state index in [0.29, 0.717) is 4.75 Å². The lowest BCUT2D eigenvalue weighted by atomic mass is 10.0. The first kappa shape index (κ1) is 11.9. The highest BCUT2D eigenvalue weighted by Gasteiger charge is 2.30. The first-order valence-electron chi connectivity index (χ1n) is 5.24. The van der Waals surface area contributed by atoms with Crippen LogP contribution in [0.3, 0.4) is 0 Å². The number of hydrogen-bond acceptors (Lipinski definition) is 3. The predicted molar refractivity (Wildman–Crippen MR) is 61.4 cm³/mol. The average Bonchev–Trinajstić information content (AvgIpc) is 2.53. The van der Waals surface area contributed by atoms with E-state index in [0.717, 1.165) is 13.0 Å². The lowest BCUT2D eigenvalue weighted by Crippen LogP contribution is -2.45. The van der Waals surface area contributed by atoms with Gasteiger partial charge in [0.05, 0.1) is 6.04 Å². The van der Waals surface area contributed by atoms with Gasteiger partial charge < -0.3 is 11.1 Å². The molecule has 0 radical (unpaired) electrons. The molecule has 1 rings (SSSR count). The van der Waals surface area contributed by atoms with Gasteiger partial charge in [-0.1, -0.05) is 6.92 Å². The van der Waals surface area contributed by atoms with Gasteiger partial charge in [0.1, 0.15) is 0 Å². The van der Waals surface area contributed by atoms with E-state index >= 15 is 0 Å². The minimum absolute atomic E-state index is 0.159. The van der Waals surface area contributed by atoms with Crippen LogP contribution in [0, 0.1) is 0 Å². The summed E-state index contributed by atoms with van der Waals surface area (Å²) in [4.78, 5) is 11.0. The van der Waals surface area contributed by atoms with Crippen molar-refractivity contribution in [3.8, 4) is 0 Å². The first-order chi connectivity index (χ1) is 6.57. The molecule has 1 saturated heterocycles. The van der Waals surface area contributed by atoms with Gasteiger partial charge in [-0.25, -0.2) is 0 Å². The fourth-order valence-electron chi connectivity index (χ4n) is 1.76. The van der Waals surface area contributed by atoms with E-state index < -0.39 is 0 Å². The third kappa shape index (κ3) is 3.17. The highest BCUT2D eigenvalue weighted by Crippen LogP contribution is 2.37. The molecule has 82 valence electrons. The van der Waals surface area contributed by atoms with Crippen LogP contribution in [0.4, 0.5) is 0 Å². The Labute approximate surface area is 90.2 Å². The zero-order valence-electron chi connectivity index (χ0n) is 9.01. The Hall–Kier alpha value is -0.220. The zero-order valence-corrected chi connectivity index (χ0v) is 9.82. The molecule has 1 heterocycles. The second kappa shape index (κ2) is 5.03. The molecular weight excluding hydrogens is 196 g/mol. The Balaban J connectivity index is 2.34. The van der Waals surface area contributed by atoms with Gasteiger partial charge in [-0.3, -0.25) is 4.79 Å². The van der Waals surface area contributed by atoms with Gasteiger partial charge in [-0.05, 0) is 31.9 Å². The molecular formula is C10H20N2OS. The standard InChI is InChI=1S/C10H20N2OS/c1-3-8(9(11)13)12-7-10(2)5-4-6-14-10/h8,12H,3-7H2,1-2H3,(H2,11,13). The molecule has 0 aromatic rings. The molecule has 4 heteroatoms. The zero-order chi connectivity index (χ0) is 10.6. The summed E-state index contributed by atoms with van der Waals surface area (Å²) in [6, 6.07) is -0.159. The van der Waals surface area contributed by atoms with E-state index in [-0.39, 0.29) is 11.9 Å². The smallest absolute Gasteiger partial charge is 0.234 e. The second-order valence-corrected chi connectivity index (χ2v) is 5.83. The second-order valence-electron chi connectivity index (χ2n) is 4.15. The molecule has 0 spiro atoms. The van der Waals surface area contributed by atoms with Crippen LogP contribution in [-0.4, -0.2) is 29.0 Å². The summed E-state index contributed by atoms with van der Waals surface area (Å²) < 4.78 is 0.308. The molecule has 14 heavy (non-hydrogen) atoms. The normalized spacial score (nSPS) is 29.0. The van der Waals surface area contributed by atoms with Crippen LogP contribution in [0.15, 0.2) is 0 Å².